The van der Waals surface area contributed by atoms with Crippen LogP contribution in [0.15, 0.2) is 22.9 Å². The van der Waals surface area contributed by atoms with Crippen LogP contribution in [0.5, 0.6) is 0 Å². The average molecular weight is 358 g/mol. The molecule has 26 heavy (non-hydrogen) atoms. The summed E-state index contributed by atoms with van der Waals surface area (Å²) < 4.78 is 5.95. The zero-order chi connectivity index (χ0) is 18.5. The summed E-state index contributed by atoms with van der Waals surface area (Å²) in [6.07, 6.45) is 6.47. The smallest absolute Gasteiger partial charge is 0.289 e. The van der Waals surface area contributed by atoms with Crippen LogP contribution in [0.2, 0.25) is 0 Å². The van der Waals surface area contributed by atoms with Gasteiger partial charge < -0.3 is 14.3 Å². The minimum atomic E-state index is 0.00162. The van der Waals surface area contributed by atoms with E-state index in [1.807, 2.05) is 17.2 Å². The van der Waals surface area contributed by atoms with E-state index in [-0.39, 0.29) is 11.8 Å². The van der Waals surface area contributed by atoms with Crippen LogP contribution < -0.4 is 0 Å². The van der Waals surface area contributed by atoms with Crippen molar-refractivity contribution >= 4 is 5.91 Å². The summed E-state index contributed by atoms with van der Waals surface area (Å²) in [7, 11) is 0. The lowest BCUT2D eigenvalue weighted by Gasteiger charge is -2.31. The predicted octanol–water partition coefficient (Wildman–Crippen LogP) is 3.43. The molecule has 1 amide bonds. The molecule has 1 fully saturated rings. The number of imidazole rings is 1. The SMILES string of the molecule is CCc1oc(C(=O)N2CCCC(c3ncc[nH]3)C2)cc1CN(CC)CC. The Morgan fingerprint density at radius 3 is 2.85 bits per heavy atom. The number of hydrogen-bond donors (Lipinski definition) is 1. The number of furan rings is 1. The Kier molecular flexibility index (Phi) is 6.14. The van der Waals surface area contributed by atoms with E-state index in [0.717, 1.165) is 62.6 Å². The Labute approximate surface area is 155 Å². The van der Waals surface area contributed by atoms with Crippen molar-refractivity contribution in [3.05, 3.63) is 41.4 Å². The highest BCUT2D eigenvalue weighted by atomic mass is 16.4. The molecular weight excluding hydrogens is 328 g/mol. The number of carbonyl (C=O) groups excluding carboxylic acids is 1. The van der Waals surface area contributed by atoms with E-state index in [2.05, 4.69) is 35.6 Å². The third-order valence-electron chi connectivity index (χ3n) is 5.33. The Balaban J connectivity index is 1.73. The first-order chi connectivity index (χ1) is 12.7. The fraction of sp³-hybridized carbons (Fsp3) is 0.600. The van der Waals surface area contributed by atoms with E-state index < -0.39 is 0 Å². The molecular formula is C20H30N4O2. The van der Waals surface area contributed by atoms with Crippen molar-refractivity contribution < 1.29 is 9.21 Å². The van der Waals surface area contributed by atoms with Gasteiger partial charge in [0.2, 0.25) is 0 Å². The van der Waals surface area contributed by atoms with Gasteiger partial charge in [0.05, 0.1) is 0 Å². The maximum Gasteiger partial charge on any atom is 0.289 e. The molecule has 2 aromatic rings. The summed E-state index contributed by atoms with van der Waals surface area (Å²) in [5, 5.41) is 0. The number of carbonyl (C=O) groups is 1. The molecule has 1 unspecified atom stereocenters. The number of H-pyrrole nitrogens is 1. The largest absolute Gasteiger partial charge is 0.456 e. The Bertz CT molecular complexity index is 703. The standard InChI is InChI=1S/C20H30N4O2/c1-4-17-16(13-23(5-2)6-3)12-18(26-17)20(25)24-11-7-8-15(14-24)19-21-9-10-22-19/h9-10,12,15H,4-8,11,13-14H2,1-3H3,(H,21,22). The predicted molar refractivity (Wildman–Crippen MR) is 101 cm³/mol. The second-order valence-electron chi connectivity index (χ2n) is 6.94. The molecule has 1 aliphatic rings. The van der Waals surface area contributed by atoms with Crippen molar-refractivity contribution in [3.63, 3.8) is 0 Å². The molecule has 3 rings (SSSR count). The normalized spacial score (nSPS) is 17.8. The molecule has 0 radical (unpaired) electrons. The van der Waals surface area contributed by atoms with Crippen molar-refractivity contribution in [2.24, 2.45) is 0 Å². The molecule has 1 aliphatic heterocycles. The molecule has 0 aromatic carbocycles. The average Bonchev–Trinajstić information content (AvgIpc) is 3.35. The highest BCUT2D eigenvalue weighted by Crippen LogP contribution is 2.27. The first kappa shape index (κ1) is 18.7. The highest BCUT2D eigenvalue weighted by molar-refractivity contribution is 5.92. The molecule has 0 spiro atoms. The molecule has 3 heterocycles. The lowest BCUT2D eigenvalue weighted by Crippen LogP contribution is -2.39. The molecule has 0 saturated carbocycles. The van der Waals surface area contributed by atoms with E-state index in [1.54, 1.807) is 6.20 Å². The van der Waals surface area contributed by atoms with Gasteiger partial charge in [0.15, 0.2) is 5.76 Å². The quantitative estimate of drug-likeness (QED) is 0.823. The van der Waals surface area contributed by atoms with E-state index in [0.29, 0.717) is 12.3 Å². The summed E-state index contributed by atoms with van der Waals surface area (Å²) in [5.41, 5.74) is 1.14. The second-order valence-corrected chi connectivity index (χ2v) is 6.94. The van der Waals surface area contributed by atoms with Crippen LogP contribution in [0.25, 0.3) is 0 Å². The van der Waals surface area contributed by atoms with Gasteiger partial charge in [-0.05, 0) is 32.0 Å². The van der Waals surface area contributed by atoms with Gasteiger partial charge in [0.1, 0.15) is 11.6 Å². The number of aromatic amines is 1. The third-order valence-corrected chi connectivity index (χ3v) is 5.33. The summed E-state index contributed by atoms with van der Waals surface area (Å²) >= 11 is 0. The minimum absolute atomic E-state index is 0.00162. The van der Waals surface area contributed by atoms with E-state index in [4.69, 9.17) is 4.42 Å². The number of aromatic nitrogens is 2. The van der Waals surface area contributed by atoms with Crippen LogP contribution in [0, 0.1) is 0 Å². The summed E-state index contributed by atoms with van der Waals surface area (Å²) in [5.74, 6) is 2.66. The van der Waals surface area contributed by atoms with Gasteiger partial charge in [0, 0.05) is 49.9 Å². The van der Waals surface area contributed by atoms with Crippen LogP contribution in [-0.2, 0) is 13.0 Å². The maximum atomic E-state index is 13.0. The van der Waals surface area contributed by atoms with Gasteiger partial charge in [-0.15, -0.1) is 0 Å². The summed E-state index contributed by atoms with van der Waals surface area (Å²) in [6, 6.07) is 1.95. The number of likely N-dealkylation sites (tertiary alicyclic amines) is 1. The van der Waals surface area contributed by atoms with E-state index in [9.17, 15) is 4.79 Å². The number of rotatable bonds is 7. The first-order valence-corrected chi connectivity index (χ1v) is 9.78. The fourth-order valence-electron chi connectivity index (χ4n) is 3.73. The maximum absolute atomic E-state index is 13.0. The molecule has 2 aromatic heterocycles. The number of amides is 1. The van der Waals surface area contributed by atoms with Crippen LogP contribution >= 0.6 is 0 Å². The van der Waals surface area contributed by atoms with Crippen LogP contribution in [0.4, 0.5) is 0 Å². The molecule has 0 bridgehead atoms. The third kappa shape index (κ3) is 4.01. The van der Waals surface area contributed by atoms with Crippen LogP contribution in [-0.4, -0.2) is 51.9 Å². The van der Waals surface area contributed by atoms with Crippen molar-refractivity contribution in [2.75, 3.05) is 26.2 Å². The summed E-state index contributed by atoms with van der Waals surface area (Å²) in [4.78, 5) is 24.8. The minimum Gasteiger partial charge on any atom is -0.456 e. The van der Waals surface area contributed by atoms with Crippen molar-refractivity contribution in [1.82, 2.24) is 19.8 Å². The van der Waals surface area contributed by atoms with Gasteiger partial charge in [0.25, 0.3) is 5.91 Å². The highest BCUT2D eigenvalue weighted by Gasteiger charge is 2.29. The Morgan fingerprint density at radius 1 is 1.38 bits per heavy atom. The lowest BCUT2D eigenvalue weighted by molar-refractivity contribution is 0.0671. The van der Waals surface area contributed by atoms with Gasteiger partial charge in [-0.1, -0.05) is 20.8 Å². The molecule has 0 aliphatic carbocycles. The van der Waals surface area contributed by atoms with Crippen LogP contribution in [0.1, 0.15) is 67.2 Å². The zero-order valence-corrected chi connectivity index (χ0v) is 16.1. The van der Waals surface area contributed by atoms with Gasteiger partial charge >= 0.3 is 0 Å². The van der Waals surface area contributed by atoms with Crippen molar-refractivity contribution in [2.45, 2.75) is 52.5 Å². The fourth-order valence-corrected chi connectivity index (χ4v) is 3.73. The molecule has 6 heteroatoms. The van der Waals surface area contributed by atoms with E-state index in [1.165, 1.54) is 0 Å². The number of aryl methyl sites for hydroxylation is 1. The second kappa shape index (κ2) is 8.54. The molecule has 1 atom stereocenters. The Hall–Kier alpha value is -2.08. The number of hydrogen-bond acceptors (Lipinski definition) is 4. The first-order valence-electron chi connectivity index (χ1n) is 9.78. The van der Waals surface area contributed by atoms with Gasteiger partial charge in [-0.25, -0.2) is 4.98 Å². The van der Waals surface area contributed by atoms with Crippen molar-refractivity contribution in [3.8, 4) is 0 Å². The molecule has 6 nitrogen and oxygen atoms in total. The lowest BCUT2D eigenvalue weighted by atomic mass is 9.97. The number of piperidine rings is 1. The van der Waals surface area contributed by atoms with Gasteiger partial charge in [-0.2, -0.15) is 0 Å². The summed E-state index contributed by atoms with van der Waals surface area (Å²) in [6.45, 7) is 10.7. The monoisotopic (exact) mass is 358 g/mol. The van der Waals surface area contributed by atoms with E-state index >= 15 is 0 Å². The number of nitrogens with one attached hydrogen (secondary N) is 1. The van der Waals surface area contributed by atoms with Crippen LogP contribution in [0.3, 0.4) is 0 Å². The molecule has 142 valence electrons. The number of nitrogens with zero attached hydrogens (tertiary/aromatic N) is 3. The van der Waals surface area contributed by atoms with Gasteiger partial charge in [-0.3, -0.25) is 9.69 Å². The topological polar surface area (TPSA) is 65.4 Å². The molecule has 1 saturated heterocycles. The Morgan fingerprint density at radius 2 is 2.19 bits per heavy atom. The zero-order valence-electron chi connectivity index (χ0n) is 16.1. The van der Waals surface area contributed by atoms with Crippen molar-refractivity contribution in [1.29, 1.82) is 0 Å². The molecule has 1 N–H and O–H groups in total.